The number of rotatable bonds is 9. The molecule has 3 heterocycles. The Kier molecular flexibility index (Phi) is 8.46. The second-order valence-corrected chi connectivity index (χ2v) is 9.96. The zero-order valence-corrected chi connectivity index (χ0v) is 20.3. The Balaban J connectivity index is 1.16. The maximum Gasteiger partial charge on any atom is 0.422 e. The van der Waals surface area contributed by atoms with Gasteiger partial charge >= 0.3 is 6.18 Å². The molecule has 35 heavy (non-hydrogen) atoms. The van der Waals surface area contributed by atoms with Crippen LogP contribution < -0.4 is 4.74 Å². The van der Waals surface area contributed by atoms with Crippen LogP contribution in [0, 0.1) is 18.8 Å². The predicted octanol–water partition coefficient (Wildman–Crippen LogP) is 5.12. The molecule has 2 aromatic heterocycles. The van der Waals surface area contributed by atoms with Crippen LogP contribution in [0.25, 0.3) is 0 Å². The average molecular weight is 494 g/mol. The third kappa shape index (κ3) is 8.05. The van der Waals surface area contributed by atoms with E-state index in [1.807, 2.05) is 13.0 Å². The highest BCUT2D eigenvalue weighted by molar-refractivity contribution is 5.80. The molecule has 0 N–H and O–H groups in total. The van der Waals surface area contributed by atoms with Crippen LogP contribution in [0.1, 0.15) is 61.4 Å². The van der Waals surface area contributed by atoms with Gasteiger partial charge in [0.05, 0.1) is 12.6 Å². The predicted molar refractivity (Wildman–Crippen MR) is 124 cm³/mol. The summed E-state index contributed by atoms with van der Waals surface area (Å²) < 4.78 is 47.5. The lowest BCUT2D eigenvalue weighted by molar-refractivity contribution is -0.154. The van der Waals surface area contributed by atoms with Crippen molar-refractivity contribution in [2.24, 2.45) is 11.8 Å². The second-order valence-electron chi connectivity index (χ2n) is 9.96. The van der Waals surface area contributed by atoms with Crippen molar-refractivity contribution in [3.63, 3.8) is 0 Å². The fourth-order valence-electron chi connectivity index (χ4n) is 5.20. The van der Waals surface area contributed by atoms with Crippen LogP contribution in [0.3, 0.4) is 0 Å². The first-order valence-corrected chi connectivity index (χ1v) is 12.6. The summed E-state index contributed by atoms with van der Waals surface area (Å²) in [4.78, 5) is 23.3. The van der Waals surface area contributed by atoms with E-state index in [2.05, 4.69) is 14.9 Å². The Bertz CT molecular complexity index is 984. The van der Waals surface area contributed by atoms with Gasteiger partial charge in [0.1, 0.15) is 11.5 Å². The number of aryl methyl sites for hydroxylation is 1. The minimum absolute atomic E-state index is 0.0419. The number of alkyl halides is 3. The number of hydrogen-bond acceptors (Lipinski definition) is 6. The molecule has 192 valence electrons. The minimum atomic E-state index is -4.36. The van der Waals surface area contributed by atoms with Crippen molar-refractivity contribution in [1.82, 2.24) is 14.9 Å². The van der Waals surface area contributed by atoms with E-state index in [4.69, 9.17) is 9.15 Å². The van der Waals surface area contributed by atoms with Crippen LogP contribution >= 0.6 is 0 Å². The summed E-state index contributed by atoms with van der Waals surface area (Å²) in [6.07, 6.45) is 5.40. The first kappa shape index (κ1) is 25.7. The van der Waals surface area contributed by atoms with Crippen molar-refractivity contribution in [1.29, 1.82) is 0 Å². The fraction of sp³-hybridized carbons (Fsp3) is 0.654. The van der Waals surface area contributed by atoms with Gasteiger partial charge in [-0.2, -0.15) is 13.2 Å². The van der Waals surface area contributed by atoms with Crippen LogP contribution in [0.4, 0.5) is 13.2 Å². The highest BCUT2D eigenvalue weighted by atomic mass is 19.4. The van der Waals surface area contributed by atoms with Gasteiger partial charge in [-0.05, 0) is 56.6 Å². The van der Waals surface area contributed by atoms with Crippen LogP contribution in [-0.4, -0.2) is 53.1 Å². The number of pyridine rings is 1. The Morgan fingerprint density at radius 1 is 1.14 bits per heavy atom. The van der Waals surface area contributed by atoms with E-state index in [1.54, 1.807) is 6.20 Å². The summed E-state index contributed by atoms with van der Waals surface area (Å²) in [5.74, 6) is 2.64. The van der Waals surface area contributed by atoms with Gasteiger partial charge in [0, 0.05) is 37.7 Å². The second kappa shape index (κ2) is 11.5. The first-order valence-electron chi connectivity index (χ1n) is 12.6. The number of fused-ring (bicyclic) bond motifs is 1. The summed E-state index contributed by atoms with van der Waals surface area (Å²) in [6.45, 7) is 3.32. The van der Waals surface area contributed by atoms with Crippen molar-refractivity contribution in [3.8, 4) is 5.88 Å². The Morgan fingerprint density at radius 2 is 1.89 bits per heavy atom. The molecule has 1 aliphatic heterocycles. The van der Waals surface area contributed by atoms with E-state index < -0.39 is 12.8 Å². The number of halogens is 3. The standard InChI is InChI=1S/C26H34F3N3O3/c1-18-16-30-25(35-18)15-22(33)14-20-4-2-19(3-5-20)8-11-32-12-9-21-6-7-24(31-23(21)10-13-32)34-17-26(27,28)29/h6-7,16,19-20H,2-5,8-15,17H2,1H3. The minimum Gasteiger partial charge on any atom is -0.468 e. The first-order chi connectivity index (χ1) is 16.7. The third-order valence-corrected chi connectivity index (χ3v) is 7.14. The zero-order valence-electron chi connectivity index (χ0n) is 20.3. The van der Waals surface area contributed by atoms with Crippen LogP contribution in [0.5, 0.6) is 5.88 Å². The number of carbonyl (C=O) groups excluding carboxylic acids is 1. The van der Waals surface area contributed by atoms with E-state index in [-0.39, 0.29) is 18.1 Å². The van der Waals surface area contributed by atoms with Gasteiger partial charge in [0.2, 0.25) is 11.8 Å². The maximum absolute atomic E-state index is 12.4. The van der Waals surface area contributed by atoms with E-state index in [1.165, 1.54) is 6.07 Å². The summed E-state index contributed by atoms with van der Waals surface area (Å²) >= 11 is 0. The molecule has 1 saturated carbocycles. The summed E-state index contributed by atoms with van der Waals surface area (Å²) in [5.41, 5.74) is 1.94. The molecule has 0 unspecified atom stereocenters. The lowest BCUT2D eigenvalue weighted by Crippen LogP contribution is -2.29. The van der Waals surface area contributed by atoms with Gasteiger partial charge in [0.15, 0.2) is 6.61 Å². The molecule has 0 aromatic carbocycles. The zero-order chi connectivity index (χ0) is 24.8. The Morgan fingerprint density at radius 3 is 2.60 bits per heavy atom. The van der Waals surface area contributed by atoms with Gasteiger partial charge in [-0.1, -0.05) is 18.9 Å². The van der Waals surface area contributed by atoms with Gasteiger partial charge in [0.25, 0.3) is 0 Å². The van der Waals surface area contributed by atoms with Crippen molar-refractivity contribution >= 4 is 5.78 Å². The smallest absolute Gasteiger partial charge is 0.422 e. The highest BCUT2D eigenvalue weighted by Crippen LogP contribution is 2.33. The molecule has 1 fully saturated rings. The molecule has 0 amide bonds. The van der Waals surface area contributed by atoms with Crippen LogP contribution in [0.2, 0.25) is 0 Å². The number of ether oxygens (including phenoxy) is 1. The monoisotopic (exact) mass is 493 g/mol. The lowest BCUT2D eigenvalue weighted by atomic mass is 9.78. The highest BCUT2D eigenvalue weighted by Gasteiger charge is 2.29. The van der Waals surface area contributed by atoms with Gasteiger partial charge < -0.3 is 14.1 Å². The molecular formula is C26H34F3N3O3. The van der Waals surface area contributed by atoms with E-state index >= 15 is 0 Å². The molecule has 2 aromatic rings. The number of hydrogen-bond donors (Lipinski definition) is 0. The molecule has 0 spiro atoms. The number of aromatic nitrogens is 2. The van der Waals surface area contributed by atoms with Crippen LogP contribution in [0.15, 0.2) is 22.7 Å². The van der Waals surface area contributed by atoms with Gasteiger partial charge in [-0.25, -0.2) is 9.97 Å². The van der Waals surface area contributed by atoms with E-state index in [0.717, 1.165) is 81.6 Å². The van der Waals surface area contributed by atoms with E-state index in [9.17, 15) is 18.0 Å². The molecule has 4 rings (SSSR count). The summed E-state index contributed by atoms with van der Waals surface area (Å²) in [5, 5.41) is 0. The van der Waals surface area contributed by atoms with Crippen molar-refractivity contribution < 1.29 is 27.1 Å². The molecule has 0 atom stereocenters. The number of ketones is 1. The van der Waals surface area contributed by atoms with Gasteiger partial charge in [-0.15, -0.1) is 0 Å². The SMILES string of the molecule is Cc1cnc(CC(=O)CC2CCC(CCN3CCc4ccc(OCC(F)(F)F)nc4CC3)CC2)o1. The molecule has 0 saturated heterocycles. The molecule has 1 aliphatic carbocycles. The third-order valence-electron chi connectivity index (χ3n) is 7.14. The molecule has 9 heteroatoms. The quantitative estimate of drug-likeness (QED) is 0.483. The maximum atomic E-state index is 12.4. The Hall–Kier alpha value is -2.42. The summed E-state index contributed by atoms with van der Waals surface area (Å²) in [7, 11) is 0. The number of oxazole rings is 1. The largest absolute Gasteiger partial charge is 0.468 e. The van der Waals surface area contributed by atoms with Crippen molar-refractivity contribution in [3.05, 3.63) is 41.2 Å². The van der Waals surface area contributed by atoms with Gasteiger partial charge in [-0.3, -0.25) is 4.79 Å². The molecule has 2 aliphatic rings. The number of nitrogens with zero attached hydrogens (tertiary/aromatic N) is 3. The molecule has 6 nitrogen and oxygen atoms in total. The fourth-order valence-corrected chi connectivity index (χ4v) is 5.20. The van der Waals surface area contributed by atoms with Crippen molar-refractivity contribution in [2.75, 3.05) is 26.2 Å². The van der Waals surface area contributed by atoms with Crippen LogP contribution in [-0.2, 0) is 24.1 Å². The Labute approximate surface area is 204 Å². The average Bonchev–Trinajstić information content (AvgIpc) is 3.10. The molecule has 0 bridgehead atoms. The van der Waals surface area contributed by atoms with E-state index in [0.29, 0.717) is 24.1 Å². The molecule has 0 radical (unpaired) electrons. The normalized spacial score (nSPS) is 21.4. The molecular weight excluding hydrogens is 459 g/mol. The number of carbonyl (C=O) groups is 1. The van der Waals surface area contributed by atoms with Crippen molar-refractivity contribution in [2.45, 2.75) is 70.9 Å². The number of Topliss-reactive ketones (excluding diaryl/α,β-unsaturated/α-hetero) is 1. The lowest BCUT2D eigenvalue weighted by Gasteiger charge is -2.30. The topological polar surface area (TPSA) is 68.5 Å². The summed E-state index contributed by atoms with van der Waals surface area (Å²) in [6, 6.07) is 3.39.